The Hall–Kier alpha value is -2.93. The number of carboxylic acids is 1. The number of aryl methyl sites for hydroxylation is 1. The van der Waals surface area contributed by atoms with Gasteiger partial charge in [0.05, 0.1) is 16.5 Å². The second-order valence-electron chi connectivity index (χ2n) is 10.3. The lowest BCUT2D eigenvalue weighted by Gasteiger charge is -2.32. The van der Waals surface area contributed by atoms with E-state index in [-0.39, 0.29) is 17.7 Å². The van der Waals surface area contributed by atoms with Gasteiger partial charge in [0.15, 0.2) is 0 Å². The van der Waals surface area contributed by atoms with Gasteiger partial charge < -0.3 is 15.3 Å². The van der Waals surface area contributed by atoms with Crippen LogP contribution in [0.25, 0.3) is 0 Å². The van der Waals surface area contributed by atoms with Crippen molar-refractivity contribution < 1.29 is 32.7 Å². The van der Waals surface area contributed by atoms with Gasteiger partial charge >= 0.3 is 12.1 Å². The Bertz CT molecular complexity index is 1130. The quantitative estimate of drug-likeness (QED) is 0.568. The average Bonchev–Trinajstić information content (AvgIpc) is 3.23. The number of alkyl halides is 3. The summed E-state index contributed by atoms with van der Waals surface area (Å²) in [5, 5.41) is 16.7. The molecule has 2 N–H and O–H groups in total. The molecule has 2 aromatic heterocycles. The SMILES string of the molecule is Cn1cc(CN2C[C@@H]3CN(C(=O)c4cccs4)CCC[C@]3(C(=O)NCC3CC3)C2)cn1.O=C(O)C(F)(F)F. The standard InChI is InChI=1S/C23H31N5O2S.C2HF3O2/c1-26-12-18(11-25-26)13-27-14-19-15-28(21(29)20-4-2-9-31-20)8-3-7-23(19,16-27)22(30)24-10-17-5-6-17;3-2(4,5)1(6)7/h2,4,9,11-12,17,19H,3,5-8,10,13-16H2,1H3,(H,24,30);(H,6,7)/t19-,23+;/m1./s1. The van der Waals surface area contributed by atoms with E-state index in [0.29, 0.717) is 12.5 Å². The van der Waals surface area contributed by atoms with Crippen molar-refractivity contribution in [2.45, 2.75) is 38.4 Å². The summed E-state index contributed by atoms with van der Waals surface area (Å²) in [5.41, 5.74) is 0.751. The van der Waals surface area contributed by atoms with E-state index in [9.17, 15) is 22.8 Å². The number of carbonyl (C=O) groups is 3. The normalized spacial score (nSPS) is 23.7. The lowest BCUT2D eigenvalue weighted by molar-refractivity contribution is -0.192. The van der Waals surface area contributed by atoms with Gasteiger partial charge in [-0.2, -0.15) is 18.3 Å². The summed E-state index contributed by atoms with van der Waals surface area (Å²) < 4.78 is 33.6. The molecule has 2 atom stereocenters. The number of fused-ring (bicyclic) bond motifs is 1. The topological polar surface area (TPSA) is 108 Å². The molecule has 0 bridgehead atoms. The molecule has 3 aliphatic rings. The maximum Gasteiger partial charge on any atom is 0.490 e. The molecule has 2 amide bonds. The van der Waals surface area contributed by atoms with Crippen molar-refractivity contribution >= 4 is 29.1 Å². The van der Waals surface area contributed by atoms with Crippen LogP contribution in [0.3, 0.4) is 0 Å². The molecular formula is C25H32F3N5O4S. The number of thiophene rings is 1. The van der Waals surface area contributed by atoms with Crippen molar-refractivity contribution in [3.05, 3.63) is 40.3 Å². The van der Waals surface area contributed by atoms with Crippen LogP contribution in [0.1, 0.15) is 40.9 Å². The number of aromatic nitrogens is 2. The van der Waals surface area contributed by atoms with Gasteiger partial charge in [0.1, 0.15) is 0 Å². The van der Waals surface area contributed by atoms with E-state index in [1.54, 1.807) is 0 Å². The Kier molecular flexibility index (Phi) is 8.46. The molecule has 2 aromatic rings. The van der Waals surface area contributed by atoms with Crippen LogP contribution >= 0.6 is 11.3 Å². The first-order chi connectivity index (χ1) is 18.0. The van der Waals surface area contributed by atoms with Crippen molar-refractivity contribution in [3.63, 3.8) is 0 Å². The summed E-state index contributed by atoms with van der Waals surface area (Å²) in [6, 6.07) is 3.83. The monoisotopic (exact) mass is 555 g/mol. The number of halogens is 3. The first-order valence-corrected chi connectivity index (χ1v) is 13.5. The summed E-state index contributed by atoms with van der Waals surface area (Å²) in [7, 11) is 1.93. The summed E-state index contributed by atoms with van der Waals surface area (Å²) in [4.78, 5) is 40.7. The van der Waals surface area contributed by atoms with Crippen LogP contribution in [0.15, 0.2) is 29.9 Å². The Balaban J connectivity index is 0.000000426. The number of aliphatic carboxylic acids is 1. The first kappa shape index (κ1) is 28.1. The third kappa shape index (κ3) is 6.73. The molecule has 0 spiro atoms. The van der Waals surface area contributed by atoms with Crippen LogP contribution in [0.4, 0.5) is 13.2 Å². The number of amides is 2. The van der Waals surface area contributed by atoms with Gasteiger partial charge in [-0.05, 0) is 43.0 Å². The van der Waals surface area contributed by atoms with E-state index in [4.69, 9.17) is 9.90 Å². The number of nitrogens with zero attached hydrogens (tertiary/aromatic N) is 4. The fourth-order valence-electron chi connectivity index (χ4n) is 5.32. The van der Waals surface area contributed by atoms with Gasteiger partial charge in [0, 0.05) is 64.0 Å². The van der Waals surface area contributed by atoms with Gasteiger partial charge in [0.2, 0.25) is 5.91 Å². The second kappa shape index (κ2) is 11.4. The summed E-state index contributed by atoms with van der Waals surface area (Å²) >= 11 is 1.49. The third-order valence-electron chi connectivity index (χ3n) is 7.38. The highest BCUT2D eigenvalue weighted by molar-refractivity contribution is 7.12. The van der Waals surface area contributed by atoms with Crippen molar-refractivity contribution in [2.24, 2.45) is 24.3 Å². The average molecular weight is 556 g/mol. The highest BCUT2D eigenvalue weighted by Crippen LogP contribution is 2.44. The van der Waals surface area contributed by atoms with Crippen LogP contribution in [-0.4, -0.2) is 81.4 Å². The zero-order chi connectivity index (χ0) is 27.5. The Morgan fingerprint density at radius 2 is 2.00 bits per heavy atom. The van der Waals surface area contributed by atoms with Crippen LogP contribution in [-0.2, 0) is 23.2 Å². The second-order valence-corrected chi connectivity index (χ2v) is 11.3. The minimum absolute atomic E-state index is 0.106. The molecule has 3 fully saturated rings. The van der Waals surface area contributed by atoms with Crippen LogP contribution in [0.2, 0.25) is 0 Å². The van der Waals surface area contributed by atoms with E-state index in [1.807, 2.05) is 46.5 Å². The maximum absolute atomic E-state index is 13.5. The number of hydrogen-bond acceptors (Lipinski definition) is 6. The van der Waals surface area contributed by atoms with Gasteiger partial charge in [-0.3, -0.25) is 19.2 Å². The maximum atomic E-state index is 13.5. The molecule has 9 nitrogen and oxygen atoms in total. The zero-order valence-electron chi connectivity index (χ0n) is 21.1. The van der Waals surface area contributed by atoms with Gasteiger partial charge in [-0.1, -0.05) is 6.07 Å². The van der Waals surface area contributed by atoms with Gasteiger partial charge in [-0.25, -0.2) is 4.79 Å². The van der Waals surface area contributed by atoms with E-state index in [0.717, 1.165) is 50.4 Å². The number of nitrogens with one attached hydrogen (secondary N) is 1. The molecule has 1 aliphatic carbocycles. The number of rotatable bonds is 6. The molecule has 13 heteroatoms. The molecule has 4 heterocycles. The highest BCUT2D eigenvalue weighted by Gasteiger charge is 2.53. The number of carbonyl (C=O) groups excluding carboxylic acids is 2. The molecule has 0 unspecified atom stereocenters. The van der Waals surface area contributed by atoms with Crippen LogP contribution in [0.5, 0.6) is 0 Å². The van der Waals surface area contributed by atoms with Crippen LogP contribution in [0, 0.1) is 17.3 Å². The van der Waals surface area contributed by atoms with E-state index < -0.39 is 17.6 Å². The lowest BCUT2D eigenvalue weighted by atomic mass is 9.74. The third-order valence-corrected chi connectivity index (χ3v) is 8.24. The Morgan fingerprint density at radius 1 is 1.26 bits per heavy atom. The fraction of sp³-hybridized carbons (Fsp3) is 0.600. The minimum atomic E-state index is -5.08. The van der Waals surface area contributed by atoms with Crippen molar-refractivity contribution in [1.82, 2.24) is 24.9 Å². The first-order valence-electron chi connectivity index (χ1n) is 12.6. The fourth-order valence-corrected chi connectivity index (χ4v) is 6.01. The Labute approximate surface area is 222 Å². The highest BCUT2D eigenvalue weighted by atomic mass is 32.1. The largest absolute Gasteiger partial charge is 0.490 e. The molecule has 0 radical (unpaired) electrons. The van der Waals surface area contributed by atoms with Crippen molar-refractivity contribution in [3.8, 4) is 0 Å². The lowest BCUT2D eigenvalue weighted by Crippen LogP contribution is -2.48. The summed E-state index contributed by atoms with van der Waals surface area (Å²) in [6.07, 6.45) is 3.03. The minimum Gasteiger partial charge on any atom is -0.475 e. The summed E-state index contributed by atoms with van der Waals surface area (Å²) in [5.74, 6) is -1.64. The van der Waals surface area contributed by atoms with Gasteiger partial charge in [0.25, 0.3) is 5.91 Å². The predicted molar refractivity (Wildman–Crippen MR) is 133 cm³/mol. The number of likely N-dealkylation sites (tertiary alicyclic amines) is 2. The number of carboxylic acid groups (broad SMARTS) is 1. The molecule has 208 valence electrons. The van der Waals surface area contributed by atoms with Crippen molar-refractivity contribution in [2.75, 3.05) is 32.7 Å². The molecule has 38 heavy (non-hydrogen) atoms. The molecule has 1 saturated carbocycles. The predicted octanol–water partition coefficient (Wildman–Crippen LogP) is 3.00. The smallest absolute Gasteiger partial charge is 0.475 e. The van der Waals surface area contributed by atoms with E-state index in [1.165, 1.54) is 29.7 Å². The zero-order valence-corrected chi connectivity index (χ0v) is 21.9. The van der Waals surface area contributed by atoms with Crippen molar-refractivity contribution in [1.29, 1.82) is 0 Å². The molecule has 2 aliphatic heterocycles. The van der Waals surface area contributed by atoms with Crippen LogP contribution < -0.4 is 5.32 Å². The van der Waals surface area contributed by atoms with E-state index in [2.05, 4.69) is 15.3 Å². The number of hydrogen-bond donors (Lipinski definition) is 2. The molecular weight excluding hydrogens is 523 g/mol. The van der Waals surface area contributed by atoms with Gasteiger partial charge in [-0.15, -0.1) is 11.3 Å². The van der Waals surface area contributed by atoms with E-state index >= 15 is 0 Å². The molecule has 5 rings (SSSR count). The Morgan fingerprint density at radius 3 is 2.58 bits per heavy atom. The summed E-state index contributed by atoms with van der Waals surface area (Å²) in [6.45, 7) is 4.56. The molecule has 2 saturated heterocycles. The molecule has 0 aromatic carbocycles.